The summed E-state index contributed by atoms with van der Waals surface area (Å²) >= 11 is 0. The van der Waals surface area contributed by atoms with Gasteiger partial charge in [0.2, 0.25) is 0 Å². The van der Waals surface area contributed by atoms with E-state index in [2.05, 4.69) is 20.8 Å². The summed E-state index contributed by atoms with van der Waals surface area (Å²) in [5, 5.41) is 8.46. The molecule has 0 amide bonds. The van der Waals surface area contributed by atoms with Gasteiger partial charge in [0.05, 0.1) is 10.8 Å². The molecule has 4 heteroatoms. The summed E-state index contributed by atoms with van der Waals surface area (Å²) in [5.74, 6) is -0.860. The molecule has 1 N–H and O–H groups in total. The van der Waals surface area contributed by atoms with Crippen LogP contribution in [0.1, 0.15) is 39.2 Å². The van der Waals surface area contributed by atoms with Crippen molar-refractivity contribution in [1.29, 1.82) is 0 Å². The normalized spacial score (nSPS) is 18.9. The van der Waals surface area contributed by atoms with Crippen LogP contribution >= 0.6 is 0 Å². The molecule has 2 unspecified atom stereocenters. The van der Waals surface area contributed by atoms with Gasteiger partial charge in [0.1, 0.15) is 5.25 Å². The number of rotatable bonds is 4. The van der Waals surface area contributed by atoms with Crippen LogP contribution in [0, 0.1) is 5.92 Å². The molecule has 3 nitrogen and oxygen atoms in total. The predicted octanol–water partition coefficient (Wildman–Crippen LogP) is 2.95. The highest BCUT2D eigenvalue weighted by molar-refractivity contribution is 7.86. The van der Waals surface area contributed by atoms with E-state index in [1.165, 1.54) is 0 Å². The standard InChI is InChI=1S/C15H20O3S/c1-15(2,3)11-6-8-12(9-7-11)19(18)13(14(16)17)10-4-5-10/h6-10,13H,4-5H2,1-3H3,(H,16,17). The molecule has 19 heavy (non-hydrogen) atoms. The SMILES string of the molecule is CC(C)(C)c1ccc(S(=O)C(C(=O)O)C2CC2)cc1. The first-order valence-electron chi connectivity index (χ1n) is 6.54. The molecule has 2 atom stereocenters. The van der Waals surface area contributed by atoms with Crippen LogP contribution in [-0.2, 0) is 21.0 Å². The zero-order valence-corrected chi connectivity index (χ0v) is 12.4. The zero-order chi connectivity index (χ0) is 14.2. The largest absolute Gasteiger partial charge is 0.480 e. The number of hydrogen-bond acceptors (Lipinski definition) is 2. The fourth-order valence-corrected chi connectivity index (χ4v) is 3.61. The van der Waals surface area contributed by atoms with Crippen molar-refractivity contribution in [3.63, 3.8) is 0 Å². The number of carbonyl (C=O) groups is 1. The second-order valence-electron chi connectivity index (χ2n) is 6.17. The Morgan fingerprint density at radius 1 is 1.26 bits per heavy atom. The molecule has 0 aliphatic heterocycles. The highest BCUT2D eigenvalue weighted by Crippen LogP contribution is 2.37. The maximum absolute atomic E-state index is 12.4. The predicted molar refractivity (Wildman–Crippen MR) is 75.7 cm³/mol. The van der Waals surface area contributed by atoms with Gasteiger partial charge in [-0.2, -0.15) is 0 Å². The van der Waals surface area contributed by atoms with E-state index in [9.17, 15) is 14.1 Å². The van der Waals surface area contributed by atoms with E-state index in [4.69, 9.17) is 0 Å². The Kier molecular flexibility index (Phi) is 3.81. The molecule has 0 heterocycles. The molecule has 1 fully saturated rings. The summed E-state index contributed by atoms with van der Waals surface area (Å²) in [5.41, 5.74) is 1.20. The Morgan fingerprint density at radius 3 is 2.16 bits per heavy atom. The highest BCUT2D eigenvalue weighted by Gasteiger charge is 2.41. The van der Waals surface area contributed by atoms with Crippen molar-refractivity contribution in [3.05, 3.63) is 29.8 Å². The van der Waals surface area contributed by atoms with Crippen LogP contribution < -0.4 is 0 Å². The Labute approximate surface area is 116 Å². The van der Waals surface area contributed by atoms with Gasteiger partial charge in [-0.15, -0.1) is 0 Å². The number of benzene rings is 1. The summed E-state index contributed by atoms with van der Waals surface area (Å²) in [6.07, 6.45) is 1.76. The minimum atomic E-state index is -1.45. The van der Waals surface area contributed by atoms with Crippen molar-refractivity contribution < 1.29 is 14.1 Å². The van der Waals surface area contributed by atoms with Gasteiger partial charge in [0, 0.05) is 4.90 Å². The van der Waals surface area contributed by atoms with Gasteiger partial charge < -0.3 is 5.11 Å². The van der Waals surface area contributed by atoms with Gasteiger partial charge in [0.15, 0.2) is 0 Å². The molecule has 1 saturated carbocycles. The lowest BCUT2D eigenvalue weighted by molar-refractivity contribution is -0.136. The number of carboxylic acids is 1. The molecule has 0 bridgehead atoms. The fourth-order valence-electron chi connectivity index (χ4n) is 2.10. The van der Waals surface area contributed by atoms with Crippen molar-refractivity contribution in [2.45, 2.75) is 49.2 Å². The van der Waals surface area contributed by atoms with Crippen molar-refractivity contribution in [3.8, 4) is 0 Å². The van der Waals surface area contributed by atoms with Gasteiger partial charge in [-0.1, -0.05) is 32.9 Å². The van der Waals surface area contributed by atoms with Gasteiger partial charge in [-0.25, -0.2) is 0 Å². The lowest BCUT2D eigenvalue weighted by atomic mass is 9.87. The molecule has 2 rings (SSSR count). The Morgan fingerprint density at radius 2 is 1.79 bits per heavy atom. The van der Waals surface area contributed by atoms with Crippen LogP contribution in [0.2, 0.25) is 0 Å². The lowest BCUT2D eigenvalue weighted by Crippen LogP contribution is -2.28. The van der Waals surface area contributed by atoms with Crippen LogP contribution in [0.5, 0.6) is 0 Å². The van der Waals surface area contributed by atoms with Crippen LogP contribution in [0.15, 0.2) is 29.2 Å². The van der Waals surface area contributed by atoms with Gasteiger partial charge in [-0.05, 0) is 41.9 Å². The minimum Gasteiger partial charge on any atom is -0.480 e. The van der Waals surface area contributed by atoms with Crippen molar-refractivity contribution >= 4 is 16.8 Å². The molecule has 1 aromatic carbocycles. The van der Waals surface area contributed by atoms with E-state index in [-0.39, 0.29) is 11.3 Å². The first-order chi connectivity index (χ1) is 8.80. The van der Waals surface area contributed by atoms with Crippen LogP contribution in [-0.4, -0.2) is 20.5 Å². The third-order valence-electron chi connectivity index (χ3n) is 3.48. The summed E-state index contributed by atoms with van der Waals surface area (Å²) in [7, 11) is -1.45. The average molecular weight is 280 g/mol. The van der Waals surface area contributed by atoms with Crippen molar-refractivity contribution in [1.82, 2.24) is 0 Å². The van der Waals surface area contributed by atoms with Crippen LogP contribution in [0.25, 0.3) is 0 Å². The second-order valence-corrected chi connectivity index (χ2v) is 7.74. The monoisotopic (exact) mass is 280 g/mol. The molecular weight excluding hydrogens is 260 g/mol. The first kappa shape index (κ1) is 14.3. The average Bonchev–Trinajstić information content (AvgIpc) is 3.12. The van der Waals surface area contributed by atoms with Gasteiger partial charge >= 0.3 is 5.97 Å². The molecule has 0 aromatic heterocycles. The third kappa shape index (κ3) is 3.24. The van der Waals surface area contributed by atoms with Gasteiger partial charge in [0.25, 0.3) is 0 Å². The molecule has 1 aliphatic rings. The summed E-state index contributed by atoms with van der Waals surface area (Å²) in [4.78, 5) is 11.8. The molecule has 0 spiro atoms. The Balaban J connectivity index is 2.22. The van der Waals surface area contributed by atoms with E-state index in [1.54, 1.807) is 12.1 Å². The highest BCUT2D eigenvalue weighted by atomic mass is 32.2. The number of carboxylic acid groups (broad SMARTS) is 1. The van der Waals surface area contributed by atoms with Crippen molar-refractivity contribution in [2.24, 2.45) is 5.92 Å². The Bertz CT molecular complexity index is 495. The third-order valence-corrected chi connectivity index (χ3v) is 5.26. The smallest absolute Gasteiger partial charge is 0.319 e. The second kappa shape index (κ2) is 5.08. The van der Waals surface area contributed by atoms with Gasteiger partial charge in [-0.3, -0.25) is 9.00 Å². The van der Waals surface area contributed by atoms with E-state index in [0.29, 0.717) is 4.90 Å². The topological polar surface area (TPSA) is 54.4 Å². The fraction of sp³-hybridized carbons (Fsp3) is 0.533. The maximum Gasteiger partial charge on any atom is 0.319 e. The Hall–Kier alpha value is -1.16. The van der Waals surface area contributed by atoms with E-state index in [1.807, 2.05) is 12.1 Å². The van der Waals surface area contributed by atoms with Crippen molar-refractivity contribution in [2.75, 3.05) is 0 Å². The molecule has 104 valence electrons. The molecule has 1 aromatic rings. The summed E-state index contributed by atoms with van der Waals surface area (Å²) in [6, 6.07) is 7.49. The molecule has 0 saturated heterocycles. The van der Waals surface area contributed by atoms with E-state index < -0.39 is 22.0 Å². The lowest BCUT2D eigenvalue weighted by Gasteiger charge is -2.19. The molecule has 0 radical (unpaired) electrons. The molecular formula is C15H20O3S. The zero-order valence-electron chi connectivity index (χ0n) is 11.6. The maximum atomic E-state index is 12.4. The van der Waals surface area contributed by atoms with E-state index in [0.717, 1.165) is 18.4 Å². The quantitative estimate of drug-likeness (QED) is 0.922. The van der Waals surface area contributed by atoms with Crippen LogP contribution in [0.4, 0.5) is 0 Å². The summed E-state index contributed by atoms with van der Waals surface area (Å²) < 4.78 is 12.4. The molecule has 1 aliphatic carbocycles. The first-order valence-corrected chi connectivity index (χ1v) is 7.76. The number of hydrogen-bond donors (Lipinski definition) is 1. The minimum absolute atomic E-state index is 0.0444. The van der Waals surface area contributed by atoms with E-state index >= 15 is 0 Å². The summed E-state index contributed by atoms with van der Waals surface area (Å²) in [6.45, 7) is 6.34. The number of aliphatic carboxylic acids is 1. The van der Waals surface area contributed by atoms with Crippen LogP contribution in [0.3, 0.4) is 0 Å².